The fourth-order valence-electron chi connectivity index (χ4n) is 0.355. The molecular formula is C6H9NO3. The Hall–Kier alpha value is -1.32. The van der Waals surface area contributed by atoms with Crippen molar-refractivity contribution in [3.63, 3.8) is 0 Å². The zero-order valence-electron chi connectivity index (χ0n) is 5.72. The van der Waals surface area contributed by atoms with Crippen LogP contribution in [0.15, 0.2) is 12.3 Å². The summed E-state index contributed by atoms with van der Waals surface area (Å²) in [6, 6.07) is 0. The highest BCUT2D eigenvalue weighted by molar-refractivity contribution is 5.74. The van der Waals surface area contributed by atoms with Gasteiger partial charge in [0, 0.05) is 0 Å². The maximum absolute atomic E-state index is 10.5. The summed E-state index contributed by atoms with van der Waals surface area (Å²) >= 11 is 0. The van der Waals surface area contributed by atoms with E-state index in [2.05, 4.69) is 16.6 Å². The third-order valence-corrected chi connectivity index (χ3v) is 0.618. The molecule has 56 valence electrons. The molecule has 1 N–H and O–H groups in total. The van der Waals surface area contributed by atoms with Crippen molar-refractivity contribution in [2.24, 2.45) is 0 Å². The molecule has 0 radical (unpaired) electrons. The van der Waals surface area contributed by atoms with Gasteiger partial charge in [-0.25, -0.2) is 4.79 Å². The molecule has 0 unspecified atom stereocenters. The molecule has 4 nitrogen and oxygen atoms in total. The molecule has 0 aromatic heterocycles. The largest absolute Gasteiger partial charge is 0.431 e. The summed E-state index contributed by atoms with van der Waals surface area (Å²) in [4.78, 5) is 20.2. The molecule has 0 aromatic carbocycles. The third kappa shape index (κ3) is 4.83. The van der Waals surface area contributed by atoms with Gasteiger partial charge >= 0.3 is 5.97 Å². The lowest BCUT2D eigenvalue weighted by Crippen LogP contribution is -2.22. The van der Waals surface area contributed by atoms with Gasteiger partial charge in [0.1, 0.15) is 6.54 Å². The van der Waals surface area contributed by atoms with Crippen molar-refractivity contribution in [2.45, 2.75) is 6.92 Å². The first-order valence-electron chi connectivity index (χ1n) is 2.70. The molecule has 0 heterocycles. The van der Waals surface area contributed by atoms with Crippen LogP contribution in [0.4, 0.5) is 0 Å². The van der Waals surface area contributed by atoms with E-state index in [-0.39, 0.29) is 6.54 Å². The van der Waals surface area contributed by atoms with Gasteiger partial charge in [0.15, 0.2) is 0 Å². The highest BCUT2D eigenvalue weighted by Gasteiger charge is 1.99. The van der Waals surface area contributed by atoms with E-state index in [0.717, 1.165) is 0 Å². The van der Waals surface area contributed by atoms with Gasteiger partial charge in [0.25, 0.3) is 0 Å². The molecule has 0 fully saturated rings. The number of carbonyl (C=O) groups excluding carboxylic acids is 2. The summed E-state index contributed by atoms with van der Waals surface area (Å²) in [6.07, 6.45) is 0.430. The van der Waals surface area contributed by atoms with E-state index < -0.39 is 5.97 Å². The molecule has 0 aliphatic heterocycles. The normalized spacial score (nSPS) is 8.10. The zero-order chi connectivity index (χ0) is 7.98. The molecule has 0 saturated heterocycles. The van der Waals surface area contributed by atoms with Gasteiger partial charge in [0.05, 0.1) is 5.76 Å². The summed E-state index contributed by atoms with van der Waals surface area (Å²) in [6.45, 7) is 4.78. The number of hydrogen-bond donors (Lipinski definition) is 1. The Labute approximate surface area is 58.9 Å². The maximum Gasteiger partial charge on any atom is 0.330 e. The highest BCUT2D eigenvalue weighted by Crippen LogP contribution is 1.88. The van der Waals surface area contributed by atoms with E-state index in [0.29, 0.717) is 12.2 Å². The Morgan fingerprint density at radius 2 is 2.40 bits per heavy atom. The summed E-state index contributed by atoms with van der Waals surface area (Å²) in [5.41, 5.74) is 0. The first-order chi connectivity index (χ1) is 4.66. The Bertz CT molecular complexity index is 153. The van der Waals surface area contributed by atoms with Crippen molar-refractivity contribution in [1.82, 2.24) is 5.32 Å². The van der Waals surface area contributed by atoms with E-state index >= 15 is 0 Å². The lowest BCUT2D eigenvalue weighted by Gasteiger charge is -2.00. The smallest absolute Gasteiger partial charge is 0.330 e. The van der Waals surface area contributed by atoms with Crippen LogP contribution in [0, 0.1) is 0 Å². The van der Waals surface area contributed by atoms with Crippen molar-refractivity contribution >= 4 is 12.4 Å². The minimum Gasteiger partial charge on any atom is -0.431 e. The molecule has 1 amide bonds. The summed E-state index contributed by atoms with van der Waals surface area (Å²) < 4.78 is 4.50. The molecule has 0 aliphatic carbocycles. The first kappa shape index (κ1) is 8.68. The van der Waals surface area contributed by atoms with Crippen LogP contribution in [0.3, 0.4) is 0 Å². The second-order valence-electron chi connectivity index (χ2n) is 1.67. The van der Waals surface area contributed by atoms with Crippen molar-refractivity contribution in [3.8, 4) is 0 Å². The Kier molecular flexibility index (Phi) is 3.95. The van der Waals surface area contributed by atoms with Crippen LogP contribution in [0.5, 0.6) is 0 Å². The van der Waals surface area contributed by atoms with Crippen LogP contribution in [0.1, 0.15) is 6.92 Å². The predicted molar refractivity (Wildman–Crippen MR) is 35.0 cm³/mol. The molecule has 0 atom stereocenters. The molecule has 0 aromatic rings. The average Bonchev–Trinajstić information content (AvgIpc) is 1.82. The average molecular weight is 143 g/mol. The lowest BCUT2D eigenvalue weighted by atomic mass is 10.6. The Morgan fingerprint density at radius 3 is 2.80 bits per heavy atom. The van der Waals surface area contributed by atoms with E-state index in [1.54, 1.807) is 6.92 Å². The fraction of sp³-hybridized carbons (Fsp3) is 0.333. The van der Waals surface area contributed by atoms with Crippen LogP contribution in [-0.2, 0) is 14.3 Å². The van der Waals surface area contributed by atoms with Gasteiger partial charge < -0.3 is 10.1 Å². The minimum absolute atomic E-state index is 0.115. The van der Waals surface area contributed by atoms with Crippen molar-refractivity contribution < 1.29 is 14.3 Å². The van der Waals surface area contributed by atoms with Gasteiger partial charge in [-0.05, 0) is 6.92 Å². The quantitative estimate of drug-likeness (QED) is 0.337. The second kappa shape index (κ2) is 4.55. The van der Waals surface area contributed by atoms with Gasteiger partial charge in [-0.2, -0.15) is 0 Å². The van der Waals surface area contributed by atoms with Crippen LogP contribution >= 0.6 is 0 Å². The molecule has 0 saturated carbocycles. The van der Waals surface area contributed by atoms with Crippen molar-refractivity contribution in [2.75, 3.05) is 6.54 Å². The number of amides is 1. The number of ether oxygens (including phenoxy) is 1. The van der Waals surface area contributed by atoms with Gasteiger partial charge in [0.2, 0.25) is 6.41 Å². The van der Waals surface area contributed by atoms with E-state index in [1.807, 2.05) is 0 Å². The van der Waals surface area contributed by atoms with Crippen molar-refractivity contribution in [1.29, 1.82) is 0 Å². The third-order valence-electron chi connectivity index (χ3n) is 0.618. The number of allylic oxidation sites excluding steroid dienone is 1. The van der Waals surface area contributed by atoms with Gasteiger partial charge in [-0.1, -0.05) is 6.58 Å². The number of esters is 1. The predicted octanol–water partition coefficient (Wildman–Crippen LogP) is -0.191. The molecule has 10 heavy (non-hydrogen) atoms. The molecular weight excluding hydrogens is 134 g/mol. The summed E-state index contributed by atoms with van der Waals surface area (Å²) in [5, 5.41) is 2.16. The molecule has 4 heteroatoms. The monoisotopic (exact) mass is 143 g/mol. The van der Waals surface area contributed by atoms with E-state index in [1.165, 1.54) is 0 Å². The summed E-state index contributed by atoms with van der Waals surface area (Å²) in [5.74, 6) is -0.197. The van der Waals surface area contributed by atoms with E-state index in [9.17, 15) is 9.59 Å². The van der Waals surface area contributed by atoms with Crippen molar-refractivity contribution in [3.05, 3.63) is 12.3 Å². The van der Waals surface area contributed by atoms with Crippen LogP contribution in [0.2, 0.25) is 0 Å². The molecule has 0 spiro atoms. The number of carbonyl (C=O) groups is 2. The SMILES string of the molecule is C=C(C)OC(=O)CNC=O. The van der Waals surface area contributed by atoms with Gasteiger partial charge in [-0.3, -0.25) is 4.79 Å². The molecule has 0 rings (SSSR count). The zero-order valence-corrected chi connectivity index (χ0v) is 5.72. The maximum atomic E-state index is 10.5. The topological polar surface area (TPSA) is 55.4 Å². The standard InChI is InChI=1S/C6H9NO3/c1-5(2)10-6(9)3-7-4-8/h4H,1,3H2,2H3,(H,7,8). The first-order valence-corrected chi connectivity index (χ1v) is 2.70. The Morgan fingerprint density at radius 1 is 1.80 bits per heavy atom. The number of nitrogens with one attached hydrogen (secondary N) is 1. The number of hydrogen-bond acceptors (Lipinski definition) is 3. The fourth-order valence-corrected chi connectivity index (χ4v) is 0.355. The summed E-state index contributed by atoms with van der Waals surface area (Å²) in [7, 11) is 0. The number of rotatable bonds is 4. The van der Waals surface area contributed by atoms with E-state index in [4.69, 9.17) is 0 Å². The Balaban J connectivity index is 3.43. The van der Waals surface area contributed by atoms with Crippen LogP contribution in [0.25, 0.3) is 0 Å². The highest BCUT2D eigenvalue weighted by atomic mass is 16.5. The van der Waals surface area contributed by atoms with Gasteiger partial charge in [-0.15, -0.1) is 0 Å². The molecule has 0 bridgehead atoms. The van der Waals surface area contributed by atoms with Crippen LogP contribution < -0.4 is 5.32 Å². The lowest BCUT2D eigenvalue weighted by molar-refractivity contribution is -0.139. The second-order valence-corrected chi connectivity index (χ2v) is 1.67. The molecule has 0 aliphatic rings. The van der Waals surface area contributed by atoms with Crippen LogP contribution in [-0.4, -0.2) is 18.9 Å². The minimum atomic E-state index is -0.514.